The van der Waals surface area contributed by atoms with E-state index in [9.17, 15) is 14.0 Å². The average molecular weight is 367 g/mol. The van der Waals surface area contributed by atoms with Crippen LogP contribution in [0.4, 0.5) is 4.39 Å². The molecule has 2 aromatic carbocycles. The van der Waals surface area contributed by atoms with Crippen LogP contribution in [-0.2, 0) is 14.9 Å². The van der Waals surface area contributed by atoms with Gasteiger partial charge in [0.15, 0.2) is 0 Å². The second-order valence-corrected chi connectivity index (χ2v) is 6.62. The van der Waals surface area contributed by atoms with Crippen LogP contribution in [0, 0.1) is 5.82 Å². The minimum Gasteiger partial charge on any atom is -0.497 e. The Labute approximate surface area is 155 Å². The SMILES string of the molecule is COC(=O)C1=C2NC(=O)c3cc(OC)ccc3C2(c2ccc(F)cc2)CC1. The maximum absolute atomic E-state index is 13.5. The molecule has 1 aliphatic carbocycles. The first-order valence-electron chi connectivity index (χ1n) is 8.59. The Kier molecular flexibility index (Phi) is 3.98. The van der Waals surface area contributed by atoms with Gasteiger partial charge in [0.1, 0.15) is 11.6 Å². The zero-order valence-electron chi connectivity index (χ0n) is 15.0. The van der Waals surface area contributed by atoms with Crippen molar-refractivity contribution >= 4 is 11.9 Å². The lowest BCUT2D eigenvalue weighted by Crippen LogP contribution is -2.44. The molecular weight excluding hydrogens is 349 g/mol. The van der Waals surface area contributed by atoms with Gasteiger partial charge in [-0.2, -0.15) is 0 Å². The lowest BCUT2D eigenvalue weighted by molar-refractivity contribution is -0.136. The fraction of sp³-hybridized carbons (Fsp3) is 0.238. The second kappa shape index (κ2) is 6.23. The van der Waals surface area contributed by atoms with E-state index >= 15 is 0 Å². The molecule has 1 N–H and O–H groups in total. The number of rotatable bonds is 3. The fourth-order valence-electron chi connectivity index (χ4n) is 4.17. The monoisotopic (exact) mass is 367 g/mol. The number of hydrogen-bond donors (Lipinski definition) is 1. The first kappa shape index (κ1) is 17.3. The van der Waals surface area contributed by atoms with Crippen molar-refractivity contribution in [1.29, 1.82) is 0 Å². The number of hydrogen-bond acceptors (Lipinski definition) is 4. The second-order valence-electron chi connectivity index (χ2n) is 6.62. The molecule has 138 valence electrons. The van der Waals surface area contributed by atoms with E-state index in [0.717, 1.165) is 11.1 Å². The van der Waals surface area contributed by atoms with E-state index in [-0.39, 0.29) is 11.7 Å². The predicted molar refractivity (Wildman–Crippen MR) is 95.9 cm³/mol. The quantitative estimate of drug-likeness (QED) is 0.847. The van der Waals surface area contributed by atoms with Gasteiger partial charge in [-0.05, 0) is 48.2 Å². The van der Waals surface area contributed by atoms with Gasteiger partial charge in [0.25, 0.3) is 5.91 Å². The summed E-state index contributed by atoms with van der Waals surface area (Å²) in [5, 5.41) is 2.90. The van der Waals surface area contributed by atoms with Crippen LogP contribution in [-0.4, -0.2) is 26.1 Å². The number of allylic oxidation sites excluding steroid dienone is 1. The van der Waals surface area contributed by atoms with Crippen molar-refractivity contribution in [3.05, 3.63) is 76.2 Å². The van der Waals surface area contributed by atoms with Gasteiger partial charge in [-0.25, -0.2) is 9.18 Å². The third-order valence-corrected chi connectivity index (χ3v) is 5.42. The van der Waals surface area contributed by atoms with Crippen LogP contribution >= 0.6 is 0 Å². The molecule has 1 heterocycles. The molecule has 0 saturated heterocycles. The lowest BCUT2D eigenvalue weighted by Gasteiger charge is -2.39. The molecule has 1 unspecified atom stereocenters. The zero-order valence-corrected chi connectivity index (χ0v) is 15.0. The zero-order chi connectivity index (χ0) is 19.2. The molecule has 2 aliphatic rings. The summed E-state index contributed by atoms with van der Waals surface area (Å²) in [7, 11) is 2.85. The molecule has 4 rings (SSSR count). The number of ether oxygens (including phenoxy) is 2. The van der Waals surface area contributed by atoms with E-state index in [1.54, 1.807) is 24.3 Å². The van der Waals surface area contributed by atoms with Crippen molar-refractivity contribution in [2.45, 2.75) is 18.3 Å². The molecule has 0 radical (unpaired) electrons. The van der Waals surface area contributed by atoms with Gasteiger partial charge in [0, 0.05) is 11.3 Å². The summed E-state index contributed by atoms with van der Waals surface area (Å²) < 4.78 is 23.7. The summed E-state index contributed by atoms with van der Waals surface area (Å²) in [4.78, 5) is 25.1. The largest absolute Gasteiger partial charge is 0.497 e. The van der Waals surface area contributed by atoms with Gasteiger partial charge in [-0.15, -0.1) is 0 Å². The molecule has 0 bridgehead atoms. The van der Waals surface area contributed by atoms with E-state index in [2.05, 4.69) is 5.32 Å². The van der Waals surface area contributed by atoms with E-state index in [1.807, 2.05) is 6.07 Å². The van der Waals surface area contributed by atoms with Crippen molar-refractivity contribution in [2.75, 3.05) is 14.2 Å². The highest BCUT2D eigenvalue weighted by Gasteiger charge is 2.50. The number of fused-ring (bicyclic) bond motifs is 3. The standard InChI is InChI=1S/C21H18FNO4/c1-26-14-7-8-17-16(11-14)19(24)23-18-15(20(25)27-2)9-10-21(17,18)12-3-5-13(22)6-4-12/h3-8,11H,9-10H2,1-2H3,(H,23,24). The molecule has 0 aromatic heterocycles. The first-order valence-corrected chi connectivity index (χ1v) is 8.59. The van der Waals surface area contributed by atoms with E-state index in [4.69, 9.17) is 9.47 Å². The summed E-state index contributed by atoms with van der Waals surface area (Å²) in [6, 6.07) is 11.5. The highest BCUT2D eigenvalue weighted by Crippen LogP contribution is 2.52. The van der Waals surface area contributed by atoms with E-state index < -0.39 is 11.4 Å². The number of amides is 1. The Bertz CT molecular complexity index is 980. The van der Waals surface area contributed by atoms with Crippen LogP contribution < -0.4 is 10.1 Å². The number of carbonyl (C=O) groups is 2. The van der Waals surface area contributed by atoms with E-state index in [0.29, 0.717) is 35.4 Å². The van der Waals surface area contributed by atoms with Crippen LogP contribution in [0.15, 0.2) is 53.7 Å². The van der Waals surface area contributed by atoms with Gasteiger partial charge < -0.3 is 14.8 Å². The molecule has 2 aromatic rings. The third kappa shape index (κ3) is 2.44. The molecule has 1 amide bonds. The fourth-order valence-corrected chi connectivity index (χ4v) is 4.17. The predicted octanol–water partition coefficient (Wildman–Crippen LogP) is 3.08. The Morgan fingerprint density at radius 3 is 2.56 bits per heavy atom. The Morgan fingerprint density at radius 2 is 1.89 bits per heavy atom. The minimum atomic E-state index is -0.743. The number of carbonyl (C=O) groups excluding carboxylic acids is 2. The summed E-state index contributed by atoms with van der Waals surface area (Å²) in [5.41, 5.74) is 2.28. The Morgan fingerprint density at radius 1 is 1.15 bits per heavy atom. The Balaban J connectivity index is 2.02. The van der Waals surface area contributed by atoms with Crippen molar-refractivity contribution < 1.29 is 23.5 Å². The third-order valence-electron chi connectivity index (χ3n) is 5.42. The van der Waals surface area contributed by atoms with Gasteiger partial charge in [-0.1, -0.05) is 18.2 Å². The summed E-state index contributed by atoms with van der Waals surface area (Å²) in [6.07, 6.45) is 1.02. The first-order chi connectivity index (χ1) is 13.0. The number of esters is 1. The highest BCUT2D eigenvalue weighted by molar-refractivity contribution is 6.03. The topological polar surface area (TPSA) is 64.6 Å². The Hall–Kier alpha value is -3.15. The molecule has 0 spiro atoms. The summed E-state index contributed by atoms with van der Waals surface area (Å²) in [5.74, 6) is -0.551. The molecule has 6 heteroatoms. The van der Waals surface area contributed by atoms with Gasteiger partial charge >= 0.3 is 5.97 Å². The van der Waals surface area contributed by atoms with Gasteiger partial charge in [-0.3, -0.25) is 4.79 Å². The maximum atomic E-state index is 13.5. The van der Waals surface area contributed by atoms with Crippen molar-refractivity contribution in [1.82, 2.24) is 5.32 Å². The normalized spacial score (nSPS) is 20.6. The minimum absolute atomic E-state index is 0.306. The van der Waals surface area contributed by atoms with Gasteiger partial charge in [0.2, 0.25) is 0 Å². The number of benzene rings is 2. The average Bonchev–Trinajstić information content (AvgIpc) is 3.08. The summed E-state index contributed by atoms with van der Waals surface area (Å²) in [6.45, 7) is 0. The smallest absolute Gasteiger partial charge is 0.335 e. The van der Waals surface area contributed by atoms with Crippen LogP contribution in [0.25, 0.3) is 0 Å². The molecular formula is C21H18FNO4. The molecule has 0 saturated carbocycles. The van der Waals surface area contributed by atoms with Crippen LogP contribution in [0.5, 0.6) is 5.75 Å². The van der Waals surface area contributed by atoms with Crippen molar-refractivity contribution in [3.63, 3.8) is 0 Å². The summed E-state index contributed by atoms with van der Waals surface area (Å²) >= 11 is 0. The van der Waals surface area contributed by atoms with Gasteiger partial charge in [0.05, 0.1) is 25.2 Å². The van der Waals surface area contributed by atoms with E-state index in [1.165, 1.54) is 26.4 Å². The van der Waals surface area contributed by atoms with Crippen molar-refractivity contribution in [2.24, 2.45) is 0 Å². The van der Waals surface area contributed by atoms with Crippen LogP contribution in [0.1, 0.15) is 34.3 Å². The van der Waals surface area contributed by atoms with Crippen LogP contribution in [0.3, 0.4) is 0 Å². The molecule has 27 heavy (non-hydrogen) atoms. The van der Waals surface area contributed by atoms with Crippen molar-refractivity contribution in [3.8, 4) is 5.75 Å². The molecule has 0 fully saturated rings. The number of methoxy groups -OCH3 is 2. The highest BCUT2D eigenvalue weighted by atomic mass is 19.1. The molecule has 1 aliphatic heterocycles. The van der Waals surface area contributed by atoms with Crippen LogP contribution in [0.2, 0.25) is 0 Å². The molecule has 1 atom stereocenters. The number of nitrogens with one attached hydrogen (secondary N) is 1. The maximum Gasteiger partial charge on any atom is 0.335 e. The molecule has 5 nitrogen and oxygen atoms in total. The lowest BCUT2D eigenvalue weighted by atomic mass is 9.68. The number of halogens is 1.